The first kappa shape index (κ1) is 10.9. The summed E-state index contributed by atoms with van der Waals surface area (Å²) >= 11 is 5.85. The third-order valence-corrected chi connectivity index (χ3v) is 3.22. The van der Waals surface area contributed by atoms with Gasteiger partial charge in [0.2, 0.25) is 0 Å². The zero-order valence-electron chi connectivity index (χ0n) is 8.76. The van der Waals surface area contributed by atoms with Crippen LogP contribution in [0.5, 0.6) is 0 Å². The molecule has 0 saturated carbocycles. The van der Waals surface area contributed by atoms with Gasteiger partial charge in [-0.2, -0.15) is 0 Å². The highest BCUT2D eigenvalue weighted by Gasteiger charge is 2.31. The second kappa shape index (κ2) is 4.08. The number of pyridine rings is 1. The standard InChI is InChI=1S/C11H15ClN2O/c1-8-4-9(6-14-10(8)12)5-11(15)2-3-13-7-11/h4,6,13,15H,2-3,5,7H2,1H3. The van der Waals surface area contributed by atoms with Gasteiger partial charge in [-0.15, -0.1) is 0 Å². The molecule has 0 spiro atoms. The first-order chi connectivity index (χ1) is 7.09. The maximum Gasteiger partial charge on any atom is 0.131 e. The Balaban J connectivity index is 2.13. The third-order valence-electron chi connectivity index (χ3n) is 2.83. The van der Waals surface area contributed by atoms with Crippen LogP contribution in [0, 0.1) is 6.92 Å². The van der Waals surface area contributed by atoms with Gasteiger partial charge in [-0.05, 0) is 31.0 Å². The lowest BCUT2D eigenvalue weighted by Crippen LogP contribution is -2.33. The fourth-order valence-electron chi connectivity index (χ4n) is 1.97. The zero-order valence-corrected chi connectivity index (χ0v) is 9.51. The second-order valence-corrected chi connectivity index (χ2v) is 4.64. The van der Waals surface area contributed by atoms with Crippen LogP contribution >= 0.6 is 11.6 Å². The van der Waals surface area contributed by atoms with E-state index in [1.54, 1.807) is 6.20 Å². The van der Waals surface area contributed by atoms with Crippen molar-refractivity contribution in [3.8, 4) is 0 Å². The summed E-state index contributed by atoms with van der Waals surface area (Å²) in [6.07, 6.45) is 3.19. The van der Waals surface area contributed by atoms with Crippen molar-refractivity contribution in [2.45, 2.75) is 25.4 Å². The molecule has 3 nitrogen and oxygen atoms in total. The van der Waals surface area contributed by atoms with Crippen LogP contribution in [-0.2, 0) is 6.42 Å². The molecule has 0 aliphatic carbocycles. The number of aromatic nitrogens is 1. The highest BCUT2D eigenvalue weighted by Crippen LogP contribution is 2.22. The van der Waals surface area contributed by atoms with Gasteiger partial charge in [0.25, 0.3) is 0 Å². The molecule has 1 saturated heterocycles. The van der Waals surface area contributed by atoms with E-state index in [0.717, 1.165) is 24.1 Å². The normalized spacial score (nSPS) is 25.8. The van der Waals surface area contributed by atoms with Crippen molar-refractivity contribution in [1.82, 2.24) is 10.3 Å². The van der Waals surface area contributed by atoms with Gasteiger partial charge in [-0.1, -0.05) is 17.7 Å². The van der Waals surface area contributed by atoms with E-state index in [0.29, 0.717) is 18.1 Å². The van der Waals surface area contributed by atoms with Crippen LogP contribution in [-0.4, -0.2) is 28.8 Å². The molecule has 2 N–H and O–H groups in total. The Hall–Kier alpha value is -0.640. The lowest BCUT2D eigenvalue weighted by molar-refractivity contribution is 0.0618. The Morgan fingerprint density at radius 2 is 2.47 bits per heavy atom. The number of aliphatic hydroxyl groups is 1. The van der Waals surface area contributed by atoms with Crippen molar-refractivity contribution < 1.29 is 5.11 Å². The van der Waals surface area contributed by atoms with E-state index in [4.69, 9.17) is 11.6 Å². The molecule has 82 valence electrons. The fraction of sp³-hybridized carbons (Fsp3) is 0.545. The molecule has 1 aliphatic rings. The van der Waals surface area contributed by atoms with Crippen LogP contribution in [0.4, 0.5) is 0 Å². The van der Waals surface area contributed by atoms with Crippen molar-refractivity contribution in [2.75, 3.05) is 13.1 Å². The number of nitrogens with zero attached hydrogens (tertiary/aromatic N) is 1. The van der Waals surface area contributed by atoms with Gasteiger partial charge in [0.05, 0.1) is 5.60 Å². The van der Waals surface area contributed by atoms with E-state index in [9.17, 15) is 5.11 Å². The Morgan fingerprint density at radius 1 is 1.67 bits per heavy atom. The minimum atomic E-state index is -0.609. The number of aryl methyl sites for hydroxylation is 1. The summed E-state index contributed by atoms with van der Waals surface area (Å²) in [7, 11) is 0. The van der Waals surface area contributed by atoms with Crippen LogP contribution in [0.3, 0.4) is 0 Å². The Labute approximate surface area is 94.5 Å². The monoisotopic (exact) mass is 226 g/mol. The summed E-state index contributed by atoms with van der Waals surface area (Å²) in [5.41, 5.74) is 1.40. The molecular formula is C11H15ClN2O. The summed E-state index contributed by atoms with van der Waals surface area (Å²) in [4.78, 5) is 4.09. The van der Waals surface area contributed by atoms with Crippen molar-refractivity contribution in [1.29, 1.82) is 0 Å². The second-order valence-electron chi connectivity index (χ2n) is 4.28. The Bertz CT molecular complexity index is 362. The van der Waals surface area contributed by atoms with Crippen molar-refractivity contribution in [3.63, 3.8) is 0 Å². The maximum atomic E-state index is 10.2. The van der Waals surface area contributed by atoms with E-state index in [2.05, 4.69) is 10.3 Å². The highest BCUT2D eigenvalue weighted by atomic mass is 35.5. The van der Waals surface area contributed by atoms with Crippen LogP contribution < -0.4 is 5.32 Å². The highest BCUT2D eigenvalue weighted by molar-refractivity contribution is 6.30. The SMILES string of the molecule is Cc1cc(CC2(O)CCNC2)cnc1Cl. The molecule has 1 aromatic heterocycles. The van der Waals surface area contributed by atoms with Gasteiger partial charge < -0.3 is 10.4 Å². The number of nitrogens with one attached hydrogen (secondary N) is 1. The predicted octanol–water partition coefficient (Wildman–Crippen LogP) is 1.31. The predicted molar refractivity (Wildman–Crippen MR) is 60.1 cm³/mol. The Kier molecular flexibility index (Phi) is 2.96. The van der Waals surface area contributed by atoms with Gasteiger partial charge in [-0.3, -0.25) is 0 Å². The van der Waals surface area contributed by atoms with E-state index >= 15 is 0 Å². The van der Waals surface area contributed by atoms with E-state index in [1.807, 2.05) is 13.0 Å². The molecule has 15 heavy (non-hydrogen) atoms. The fourth-order valence-corrected chi connectivity index (χ4v) is 2.08. The summed E-state index contributed by atoms with van der Waals surface area (Å²) in [5.74, 6) is 0. The van der Waals surface area contributed by atoms with Crippen LogP contribution in [0.15, 0.2) is 12.3 Å². The van der Waals surface area contributed by atoms with Crippen LogP contribution in [0.25, 0.3) is 0 Å². The number of hydrogen-bond donors (Lipinski definition) is 2. The largest absolute Gasteiger partial charge is 0.388 e. The van der Waals surface area contributed by atoms with E-state index < -0.39 is 5.60 Å². The molecule has 4 heteroatoms. The molecule has 2 rings (SSSR count). The average Bonchev–Trinajstić information content (AvgIpc) is 2.59. The van der Waals surface area contributed by atoms with Crippen molar-refractivity contribution in [3.05, 3.63) is 28.5 Å². The number of halogens is 1. The molecule has 0 radical (unpaired) electrons. The minimum Gasteiger partial charge on any atom is -0.388 e. The van der Waals surface area contributed by atoms with E-state index in [-0.39, 0.29) is 0 Å². The van der Waals surface area contributed by atoms with Gasteiger partial charge in [-0.25, -0.2) is 4.98 Å². The molecule has 2 heterocycles. The third kappa shape index (κ3) is 2.48. The number of rotatable bonds is 2. The molecule has 0 aromatic carbocycles. The lowest BCUT2D eigenvalue weighted by atomic mass is 9.94. The minimum absolute atomic E-state index is 0.537. The first-order valence-electron chi connectivity index (χ1n) is 5.13. The summed E-state index contributed by atoms with van der Waals surface area (Å²) < 4.78 is 0. The number of β-amino-alcohol motifs (C(OH)–C–C–N with tert-alkyl or cyclic N) is 1. The van der Waals surface area contributed by atoms with Gasteiger partial charge in [0.1, 0.15) is 5.15 Å². The molecule has 1 aliphatic heterocycles. The van der Waals surface area contributed by atoms with Crippen LogP contribution in [0.1, 0.15) is 17.5 Å². The topological polar surface area (TPSA) is 45.1 Å². The summed E-state index contributed by atoms with van der Waals surface area (Å²) in [6.45, 7) is 3.47. The van der Waals surface area contributed by atoms with Gasteiger partial charge in [0, 0.05) is 19.2 Å². The average molecular weight is 227 g/mol. The quantitative estimate of drug-likeness (QED) is 0.748. The lowest BCUT2D eigenvalue weighted by Gasteiger charge is -2.21. The van der Waals surface area contributed by atoms with Gasteiger partial charge in [0.15, 0.2) is 0 Å². The molecule has 0 amide bonds. The smallest absolute Gasteiger partial charge is 0.131 e. The molecule has 0 bridgehead atoms. The Morgan fingerprint density at radius 3 is 3.07 bits per heavy atom. The van der Waals surface area contributed by atoms with Gasteiger partial charge >= 0.3 is 0 Å². The zero-order chi connectivity index (χ0) is 10.9. The van der Waals surface area contributed by atoms with Crippen molar-refractivity contribution >= 4 is 11.6 Å². The molecular weight excluding hydrogens is 212 g/mol. The summed E-state index contributed by atoms with van der Waals surface area (Å²) in [6, 6.07) is 1.99. The first-order valence-corrected chi connectivity index (χ1v) is 5.51. The molecule has 1 aromatic rings. The summed E-state index contributed by atoms with van der Waals surface area (Å²) in [5, 5.41) is 13.9. The van der Waals surface area contributed by atoms with Crippen molar-refractivity contribution in [2.24, 2.45) is 0 Å². The number of hydrogen-bond acceptors (Lipinski definition) is 3. The van der Waals surface area contributed by atoms with E-state index in [1.165, 1.54) is 0 Å². The van der Waals surface area contributed by atoms with Crippen LogP contribution in [0.2, 0.25) is 5.15 Å². The maximum absolute atomic E-state index is 10.2. The molecule has 1 unspecified atom stereocenters. The molecule has 1 atom stereocenters. The molecule has 1 fully saturated rings.